The van der Waals surface area contributed by atoms with Crippen molar-refractivity contribution in [2.24, 2.45) is 10.2 Å². The average molecular weight is 567 g/mol. The molecule has 212 valence electrons. The van der Waals surface area contributed by atoms with E-state index in [1.165, 1.54) is 12.4 Å². The van der Waals surface area contributed by atoms with E-state index in [9.17, 15) is 9.59 Å². The molecule has 4 aromatic rings. The van der Waals surface area contributed by atoms with Crippen LogP contribution in [-0.2, 0) is 9.47 Å². The maximum Gasteiger partial charge on any atom is 0.271 e. The number of nitrogens with zero attached hydrogens (tertiary/aromatic N) is 4. The number of hydrazone groups is 2. The monoisotopic (exact) mass is 566 g/mol. The molecule has 0 saturated carbocycles. The number of amides is 2. The molecule has 42 heavy (non-hydrogen) atoms. The van der Waals surface area contributed by atoms with Crippen LogP contribution in [-0.4, -0.2) is 60.0 Å². The fourth-order valence-corrected chi connectivity index (χ4v) is 3.67. The van der Waals surface area contributed by atoms with E-state index < -0.39 is 12.6 Å². The van der Waals surface area contributed by atoms with Gasteiger partial charge in [-0.25, -0.2) is 10.9 Å². The number of hydrogen-bond acceptors (Lipinski definition) is 10. The highest BCUT2D eigenvalue weighted by atomic mass is 16.8. The molecule has 2 aromatic heterocycles. The summed E-state index contributed by atoms with van der Waals surface area (Å²) < 4.78 is 23.3. The number of nitrogens with one attached hydrogen (secondary N) is 2. The highest BCUT2D eigenvalue weighted by Gasteiger charge is 2.31. The van der Waals surface area contributed by atoms with Crippen molar-refractivity contribution in [3.63, 3.8) is 0 Å². The quantitative estimate of drug-likeness (QED) is 0.220. The van der Waals surface area contributed by atoms with Crippen molar-refractivity contribution in [3.05, 3.63) is 120 Å². The molecular formula is C30H26N6O6. The first-order chi connectivity index (χ1) is 20.6. The number of carbonyl (C=O) groups is 2. The minimum absolute atomic E-state index is 0.318. The summed E-state index contributed by atoms with van der Waals surface area (Å²) in [5.74, 6) is 0.150. The second-order valence-corrected chi connectivity index (χ2v) is 8.73. The standard InChI is InChI=1S/C30H26N6O6/c37-27(35-33-19-21-3-1-13-31-17-21)23-5-9-25(10-6-23)41-29-30(40-16-15-39-29)42-26-11-7-24(8-12-26)28(38)36-34-20-22-4-2-14-32-18-22/h1-14,17-20,29-30H,15-16H2,(H,35,37)(H,36,38)/b33-19-,34-20-/t29-,30-/m0/s1. The molecule has 2 N–H and O–H groups in total. The SMILES string of the molecule is O=C(N/N=C\c1cccnc1)c1ccc(O[C@@H]2OCCO[C@H]2Oc2ccc(C(=O)N/N=C\c3cccnc3)cc2)cc1. The highest BCUT2D eigenvalue weighted by molar-refractivity contribution is 5.95. The minimum atomic E-state index is -0.868. The van der Waals surface area contributed by atoms with E-state index in [2.05, 4.69) is 31.0 Å². The predicted octanol–water partition coefficient (Wildman–Crippen LogP) is 3.16. The smallest absolute Gasteiger partial charge is 0.271 e. The van der Waals surface area contributed by atoms with Gasteiger partial charge in [0.05, 0.1) is 25.6 Å². The fourth-order valence-electron chi connectivity index (χ4n) is 3.67. The topological polar surface area (TPSA) is 146 Å². The minimum Gasteiger partial charge on any atom is -0.458 e. The Morgan fingerprint density at radius 1 is 0.690 bits per heavy atom. The Bertz CT molecular complexity index is 1400. The Hall–Kier alpha value is -5.46. The first-order valence-electron chi connectivity index (χ1n) is 12.9. The lowest BCUT2D eigenvalue weighted by Gasteiger charge is -2.31. The second kappa shape index (κ2) is 14.3. The molecule has 0 aliphatic carbocycles. The van der Waals surface area contributed by atoms with E-state index in [1.54, 1.807) is 85.5 Å². The molecule has 1 saturated heterocycles. The normalized spacial score (nSPS) is 16.7. The zero-order chi connectivity index (χ0) is 29.0. The van der Waals surface area contributed by atoms with Crippen LogP contribution in [0, 0.1) is 0 Å². The summed E-state index contributed by atoms with van der Waals surface area (Å²) in [6, 6.07) is 20.2. The highest BCUT2D eigenvalue weighted by Crippen LogP contribution is 2.22. The number of aromatic nitrogens is 2. The molecule has 2 amide bonds. The van der Waals surface area contributed by atoms with E-state index >= 15 is 0 Å². The third-order valence-corrected chi connectivity index (χ3v) is 5.74. The molecule has 0 bridgehead atoms. The lowest BCUT2D eigenvalue weighted by Crippen LogP contribution is -2.45. The predicted molar refractivity (Wildman–Crippen MR) is 152 cm³/mol. The number of hydrogen-bond donors (Lipinski definition) is 2. The molecule has 5 rings (SSSR count). The number of benzene rings is 2. The number of rotatable bonds is 10. The second-order valence-electron chi connectivity index (χ2n) is 8.73. The van der Waals surface area contributed by atoms with Gasteiger partial charge in [-0.05, 0) is 60.7 Å². The van der Waals surface area contributed by atoms with Crippen molar-refractivity contribution >= 4 is 24.2 Å². The molecule has 0 unspecified atom stereocenters. The van der Waals surface area contributed by atoms with Crippen LogP contribution in [0.1, 0.15) is 31.8 Å². The van der Waals surface area contributed by atoms with Crippen LogP contribution in [0.3, 0.4) is 0 Å². The van der Waals surface area contributed by atoms with Gasteiger partial charge < -0.3 is 18.9 Å². The van der Waals surface area contributed by atoms with Crippen molar-refractivity contribution in [3.8, 4) is 11.5 Å². The summed E-state index contributed by atoms with van der Waals surface area (Å²) >= 11 is 0. The number of ether oxygens (including phenoxy) is 4. The lowest BCUT2D eigenvalue weighted by atomic mass is 10.2. The lowest BCUT2D eigenvalue weighted by molar-refractivity contribution is -0.271. The first-order valence-corrected chi connectivity index (χ1v) is 12.9. The van der Waals surface area contributed by atoms with Crippen molar-refractivity contribution in [1.82, 2.24) is 20.8 Å². The van der Waals surface area contributed by atoms with Gasteiger partial charge in [0.15, 0.2) is 0 Å². The Morgan fingerprint density at radius 2 is 1.12 bits per heavy atom. The maximum atomic E-state index is 12.4. The first kappa shape index (κ1) is 28.1. The van der Waals surface area contributed by atoms with Crippen molar-refractivity contribution in [2.45, 2.75) is 12.6 Å². The van der Waals surface area contributed by atoms with Gasteiger partial charge in [-0.3, -0.25) is 19.6 Å². The summed E-state index contributed by atoms with van der Waals surface area (Å²) in [5.41, 5.74) is 7.26. The molecule has 2 aromatic carbocycles. The number of pyridine rings is 2. The van der Waals surface area contributed by atoms with E-state index in [1.807, 2.05) is 12.1 Å². The van der Waals surface area contributed by atoms with Gasteiger partial charge in [0.25, 0.3) is 24.4 Å². The Labute approximate surface area is 241 Å². The summed E-state index contributed by atoms with van der Waals surface area (Å²) in [6.07, 6.45) is 7.84. The molecule has 3 heterocycles. The van der Waals surface area contributed by atoms with Crippen LogP contribution in [0.2, 0.25) is 0 Å². The van der Waals surface area contributed by atoms with Gasteiger partial charge in [-0.1, -0.05) is 12.1 Å². The summed E-state index contributed by atoms with van der Waals surface area (Å²) in [7, 11) is 0. The zero-order valence-electron chi connectivity index (χ0n) is 22.2. The van der Waals surface area contributed by atoms with Crippen LogP contribution >= 0.6 is 0 Å². The van der Waals surface area contributed by atoms with Gasteiger partial charge >= 0.3 is 0 Å². The summed E-state index contributed by atoms with van der Waals surface area (Å²) in [4.78, 5) is 32.8. The molecular weight excluding hydrogens is 540 g/mol. The van der Waals surface area contributed by atoms with E-state index in [0.717, 1.165) is 11.1 Å². The fraction of sp³-hybridized carbons (Fsp3) is 0.133. The van der Waals surface area contributed by atoms with Gasteiger partial charge in [-0.2, -0.15) is 10.2 Å². The van der Waals surface area contributed by atoms with Crippen LogP contribution in [0.4, 0.5) is 0 Å². The molecule has 12 nitrogen and oxygen atoms in total. The van der Waals surface area contributed by atoms with Crippen molar-refractivity contribution in [2.75, 3.05) is 13.2 Å². The van der Waals surface area contributed by atoms with Gasteiger partial charge in [0.1, 0.15) is 11.5 Å². The molecule has 12 heteroatoms. The molecule has 1 fully saturated rings. The molecule has 1 aliphatic heterocycles. The zero-order valence-corrected chi connectivity index (χ0v) is 22.2. The average Bonchev–Trinajstić information content (AvgIpc) is 3.03. The Kier molecular flexibility index (Phi) is 9.53. The van der Waals surface area contributed by atoms with Crippen LogP contribution in [0.5, 0.6) is 11.5 Å². The Balaban J connectivity index is 1.12. The van der Waals surface area contributed by atoms with Crippen molar-refractivity contribution in [1.29, 1.82) is 0 Å². The third-order valence-electron chi connectivity index (χ3n) is 5.74. The summed E-state index contributed by atoms with van der Waals surface area (Å²) in [5, 5.41) is 7.89. The van der Waals surface area contributed by atoms with Gasteiger partial charge in [0.2, 0.25) is 0 Å². The van der Waals surface area contributed by atoms with E-state index in [4.69, 9.17) is 18.9 Å². The number of carbonyl (C=O) groups excluding carboxylic acids is 2. The third kappa shape index (κ3) is 8.03. The largest absolute Gasteiger partial charge is 0.458 e. The van der Waals surface area contributed by atoms with E-state index in [0.29, 0.717) is 35.8 Å². The van der Waals surface area contributed by atoms with Gasteiger partial charge in [-0.15, -0.1) is 0 Å². The Morgan fingerprint density at radius 3 is 1.50 bits per heavy atom. The molecule has 0 spiro atoms. The molecule has 2 atom stereocenters. The van der Waals surface area contributed by atoms with Gasteiger partial charge in [0, 0.05) is 47.0 Å². The molecule has 0 radical (unpaired) electrons. The van der Waals surface area contributed by atoms with Crippen molar-refractivity contribution < 1.29 is 28.5 Å². The maximum absolute atomic E-state index is 12.4. The van der Waals surface area contributed by atoms with E-state index in [-0.39, 0.29) is 11.8 Å². The van der Waals surface area contributed by atoms with Crippen LogP contribution in [0.25, 0.3) is 0 Å². The van der Waals surface area contributed by atoms with Crippen LogP contribution in [0.15, 0.2) is 108 Å². The summed E-state index contributed by atoms with van der Waals surface area (Å²) in [6.45, 7) is 0.636. The molecule has 1 aliphatic rings. The van der Waals surface area contributed by atoms with Crippen LogP contribution < -0.4 is 20.3 Å².